The first-order valence-corrected chi connectivity index (χ1v) is 6.92. The number of carbonyl (C=O) groups is 1. The SMILES string of the molecule is CCN(CC)C(=O)CC(C#N)c1c(Cl)cccc1Cl. The second-order valence-electron chi connectivity index (χ2n) is 4.09. The van der Waals surface area contributed by atoms with Crippen molar-refractivity contribution in [3.05, 3.63) is 33.8 Å². The molecule has 0 bridgehead atoms. The highest BCUT2D eigenvalue weighted by Crippen LogP contribution is 2.33. The van der Waals surface area contributed by atoms with Gasteiger partial charge in [-0.2, -0.15) is 5.26 Å². The molecular formula is C14H16Cl2N2O. The van der Waals surface area contributed by atoms with E-state index in [0.29, 0.717) is 28.7 Å². The summed E-state index contributed by atoms with van der Waals surface area (Å²) in [5.41, 5.74) is 0.536. The minimum Gasteiger partial charge on any atom is -0.343 e. The highest BCUT2D eigenvalue weighted by Gasteiger charge is 2.22. The summed E-state index contributed by atoms with van der Waals surface area (Å²) in [5.74, 6) is -0.679. The monoisotopic (exact) mass is 298 g/mol. The molecule has 1 atom stereocenters. The minimum atomic E-state index is -0.616. The topological polar surface area (TPSA) is 44.1 Å². The van der Waals surface area contributed by atoms with Gasteiger partial charge < -0.3 is 4.90 Å². The van der Waals surface area contributed by atoms with Gasteiger partial charge in [-0.15, -0.1) is 0 Å². The van der Waals surface area contributed by atoms with Crippen molar-refractivity contribution in [1.29, 1.82) is 5.26 Å². The summed E-state index contributed by atoms with van der Waals surface area (Å²) in [4.78, 5) is 13.7. The van der Waals surface area contributed by atoms with Crippen LogP contribution < -0.4 is 0 Å². The van der Waals surface area contributed by atoms with Gasteiger partial charge in [0.15, 0.2) is 0 Å². The molecule has 1 aromatic carbocycles. The van der Waals surface area contributed by atoms with Gasteiger partial charge in [-0.05, 0) is 26.0 Å². The van der Waals surface area contributed by atoms with Crippen LogP contribution in [0.1, 0.15) is 31.7 Å². The molecule has 102 valence electrons. The van der Waals surface area contributed by atoms with Crippen LogP contribution in [0.15, 0.2) is 18.2 Å². The van der Waals surface area contributed by atoms with E-state index >= 15 is 0 Å². The molecule has 5 heteroatoms. The first kappa shape index (κ1) is 15.8. The van der Waals surface area contributed by atoms with Crippen LogP contribution in [0.4, 0.5) is 0 Å². The lowest BCUT2D eigenvalue weighted by atomic mass is 9.96. The zero-order valence-corrected chi connectivity index (χ0v) is 12.5. The number of hydrogen-bond donors (Lipinski definition) is 0. The predicted octanol–water partition coefficient (Wildman–Crippen LogP) is 3.86. The van der Waals surface area contributed by atoms with E-state index in [4.69, 9.17) is 23.2 Å². The number of hydrogen-bond acceptors (Lipinski definition) is 2. The number of carbonyl (C=O) groups excluding carboxylic acids is 1. The van der Waals surface area contributed by atoms with Crippen molar-refractivity contribution >= 4 is 29.1 Å². The first-order chi connectivity index (χ1) is 9.04. The second kappa shape index (κ2) is 7.37. The molecular weight excluding hydrogens is 283 g/mol. The van der Waals surface area contributed by atoms with Crippen molar-refractivity contribution < 1.29 is 4.79 Å². The summed E-state index contributed by atoms with van der Waals surface area (Å²) in [7, 11) is 0. The smallest absolute Gasteiger partial charge is 0.224 e. The number of amides is 1. The Hall–Kier alpha value is -1.24. The molecule has 3 nitrogen and oxygen atoms in total. The fourth-order valence-corrected chi connectivity index (χ4v) is 2.60. The molecule has 1 rings (SSSR count). The number of nitriles is 1. The normalized spacial score (nSPS) is 11.7. The van der Waals surface area contributed by atoms with Crippen molar-refractivity contribution in [3.8, 4) is 6.07 Å². The van der Waals surface area contributed by atoms with Crippen LogP contribution in [-0.2, 0) is 4.79 Å². The van der Waals surface area contributed by atoms with E-state index in [2.05, 4.69) is 6.07 Å². The molecule has 19 heavy (non-hydrogen) atoms. The van der Waals surface area contributed by atoms with E-state index in [-0.39, 0.29) is 12.3 Å². The molecule has 0 aliphatic heterocycles. The van der Waals surface area contributed by atoms with Gasteiger partial charge in [-0.25, -0.2) is 0 Å². The average Bonchev–Trinajstić information content (AvgIpc) is 2.38. The van der Waals surface area contributed by atoms with Gasteiger partial charge in [0.05, 0.1) is 12.0 Å². The average molecular weight is 299 g/mol. The predicted molar refractivity (Wildman–Crippen MR) is 77.4 cm³/mol. The van der Waals surface area contributed by atoms with Gasteiger partial charge in [0.1, 0.15) is 0 Å². The fraction of sp³-hybridized carbons (Fsp3) is 0.429. The van der Waals surface area contributed by atoms with Crippen molar-refractivity contribution in [2.75, 3.05) is 13.1 Å². The van der Waals surface area contributed by atoms with E-state index < -0.39 is 5.92 Å². The van der Waals surface area contributed by atoms with E-state index in [9.17, 15) is 10.1 Å². The van der Waals surface area contributed by atoms with Gasteiger partial charge in [0, 0.05) is 35.1 Å². The maximum absolute atomic E-state index is 12.1. The molecule has 0 heterocycles. The Balaban J connectivity index is 2.97. The van der Waals surface area contributed by atoms with Crippen molar-refractivity contribution in [2.45, 2.75) is 26.2 Å². The number of halogens is 2. The number of rotatable bonds is 5. The molecule has 0 aliphatic rings. The third-order valence-corrected chi connectivity index (χ3v) is 3.66. The summed E-state index contributed by atoms with van der Waals surface area (Å²) in [6.45, 7) is 5.07. The van der Waals surface area contributed by atoms with Crippen LogP contribution in [0, 0.1) is 11.3 Å². The van der Waals surface area contributed by atoms with E-state index in [1.165, 1.54) is 0 Å². The molecule has 0 aliphatic carbocycles. The van der Waals surface area contributed by atoms with Crippen LogP contribution in [0.25, 0.3) is 0 Å². The summed E-state index contributed by atoms with van der Waals surface area (Å²) < 4.78 is 0. The standard InChI is InChI=1S/C14H16Cl2N2O/c1-3-18(4-2)13(19)8-10(9-17)14-11(15)6-5-7-12(14)16/h5-7,10H,3-4,8H2,1-2H3. The summed E-state index contributed by atoms with van der Waals surface area (Å²) in [6, 6.07) is 7.19. The first-order valence-electron chi connectivity index (χ1n) is 6.16. The molecule has 0 radical (unpaired) electrons. The zero-order chi connectivity index (χ0) is 14.4. The van der Waals surface area contributed by atoms with Crippen molar-refractivity contribution in [1.82, 2.24) is 4.90 Å². The second-order valence-corrected chi connectivity index (χ2v) is 4.90. The van der Waals surface area contributed by atoms with E-state index in [1.54, 1.807) is 23.1 Å². The van der Waals surface area contributed by atoms with Crippen molar-refractivity contribution in [3.63, 3.8) is 0 Å². The van der Waals surface area contributed by atoms with Crippen LogP contribution in [0.3, 0.4) is 0 Å². The van der Waals surface area contributed by atoms with Gasteiger partial charge in [-0.3, -0.25) is 4.79 Å². The third kappa shape index (κ3) is 3.86. The molecule has 0 saturated carbocycles. The molecule has 0 aromatic heterocycles. The maximum Gasteiger partial charge on any atom is 0.224 e. The lowest BCUT2D eigenvalue weighted by molar-refractivity contribution is -0.130. The Morgan fingerprint density at radius 1 is 1.32 bits per heavy atom. The van der Waals surface area contributed by atoms with Crippen LogP contribution in [0.2, 0.25) is 10.0 Å². The molecule has 0 spiro atoms. The van der Waals surface area contributed by atoms with Crippen LogP contribution in [0.5, 0.6) is 0 Å². The molecule has 0 saturated heterocycles. The quantitative estimate of drug-likeness (QED) is 0.828. The van der Waals surface area contributed by atoms with E-state index in [1.807, 2.05) is 13.8 Å². The van der Waals surface area contributed by atoms with Crippen LogP contribution >= 0.6 is 23.2 Å². The number of nitrogens with zero attached hydrogens (tertiary/aromatic N) is 2. The summed E-state index contributed by atoms with van der Waals surface area (Å²) in [5, 5.41) is 10.1. The Bertz CT molecular complexity index is 472. The molecule has 0 fully saturated rings. The summed E-state index contributed by atoms with van der Waals surface area (Å²) >= 11 is 12.1. The Kier molecular flexibility index (Phi) is 6.14. The van der Waals surface area contributed by atoms with Gasteiger partial charge >= 0.3 is 0 Å². The largest absolute Gasteiger partial charge is 0.343 e. The zero-order valence-electron chi connectivity index (χ0n) is 11.0. The van der Waals surface area contributed by atoms with Crippen LogP contribution in [-0.4, -0.2) is 23.9 Å². The summed E-state index contributed by atoms with van der Waals surface area (Å²) in [6.07, 6.45) is 0.0988. The highest BCUT2D eigenvalue weighted by atomic mass is 35.5. The van der Waals surface area contributed by atoms with Crippen molar-refractivity contribution in [2.24, 2.45) is 0 Å². The maximum atomic E-state index is 12.1. The molecule has 1 amide bonds. The van der Waals surface area contributed by atoms with Gasteiger partial charge in [-0.1, -0.05) is 29.3 Å². The highest BCUT2D eigenvalue weighted by molar-refractivity contribution is 6.36. The molecule has 0 N–H and O–H groups in total. The van der Waals surface area contributed by atoms with E-state index in [0.717, 1.165) is 0 Å². The lowest BCUT2D eigenvalue weighted by Gasteiger charge is -2.21. The minimum absolute atomic E-state index is 0.0625. The fourth-order valence-electron chi connectivity index (χ4n) is 1.94. The third-order valence-electron chi connectivity index (χ3n) is 3.00. The Labute approximate surface area is 123 Å². The number of benzene rings is 1. The van der Waals surface area contributed by atoms with Gasteiger partial charge in [0.2, 0.25) is 5.91 Å². The molecule has 1 aromatic rings. The molecule has 1 unspecified atom stereocenters. The lowest BCUT2D eigenvalue weighted by Crippen LogP contribution is -2.31. The van der Waals surface area contributed by atoms with Gasteiger partial charge in [0.25, 0.3) is 0 Å². The Morgan fingerprint density at radius 2 is 1.84 bits per heavy atom. The Morgan fingerprint density at radius 3 is 2.26 bits per heavy atom.